The van der Waals surface area contributed by atoms with Crippen LogP contribution >= 0.6 is 0 Å². The summed E-state index contributed by atoms with van der Waals surface area (Å²) in [7, 11) is 0. The molecular weight excluding hydrogens is 663 g/mol. The van der Waals surface area contributed by atoms with Gasteiger partial charge in [-0.05, 0) is 137 Å². The fraction of sp³-hybridized carbons (Fsp3) is 0.296. The summed E-state index contributed by atoms with van der Waals surface area (Å²) in [5, 5.41) is 0. The van der Waals surface area contributed by atoms with Crippen molar-refractivity contribution < 1.29 is 0 Å². The van der Waals surface area contributed by atoms with Crippen LogP contribution in [-0.4, -0.2) is 0 Å². The number of anilines is 3. The normalized spacial score (nSPS) is 24.7. The van der Waals surface area contributed by atoms with E-state index in [1.165, 1.54) is 112 Å². The number of fused-ring (bicyclic) bond motifs is 5. The zero-order chi connectivity index (χ0) is 37.1. The fourth-order valence-corrected chi connectivity index (χ4v) is 11.9. The van der Waals surface area contributed by atoms with Gasteiger partial charge in [0.1, 0.15) is 0 Å². The minimum Gasteiger partial charge on any atom is -0.310 e. The molecule has 0 N–H and O–H groups in total. The van der Waals surface area contributed by atoms with Gasteiger partial charge in [0.05, 0.1) is 11.1 Å². The summed E-state index contributed by atoms with van der Waals surface area (Å²) in [5.41, 5.74) is 15.5. The van der Waals surface area contributed by atoms with Crippen molar-refractivity contribution >= 4 is 17.1 Å². The van der Waals surface area contributed by atoms with Gasteiger partial charge in [0.25, 0.3) is 0 Å². The first-order chi connectivity index (χ1) is 27.0. The van der Waals surface area contributed by atoms with E-state index in [9.17, 15) is 0 Å². The number of hydrogen-bond donors (Lipinski definition) is 0. The minimum absolute atomic E-state index is 0.111. The maximum Gasteiger partial charge on any atom is 0.0714 e. The maximum atomic E-state index is 4.51. The Labute approximate surface area is 328 Å². The van der Waals surface area contributed by atoms with Crippen LogP contribution in [0, 0.1) is 17.8 Å². The van der Waals surface area contributed by atoms with E-state index in [-0.39, 0.29) is 5.41 Å². The SMILES string of the molecule is C=C1CC(CC)CC(C)(c2ccc(N(c3ccc(C4CC5CCC4C5)cc3)c3cccc4c3-c3ccccc3C4(c3ccccc3)c3ccccc3)cc2)C1. The van der Waals surface area contributed by atoms with E-state index in [0.717, 1.165) is 18.3 Å². The quantitative estimate of drug-likeness (QED) is 0.142. The third kappa shape index (κ3) is 5.56. The van der Waals surface area contributed by atoms with Gasteiger partial charge >= 0.3 is 0 Å². The molecule has 274 valence electrons. The summed E-state index contributed by atoms with van der Waals surface area (Å²) in [6, 6.07) is 57.9. The second-order valence-corrected chi connectivity index (χ2v) is 17.7. The van der Waals surface area contributed by atoms with Gasteiger partial charge in [-0.2, -0.15) is 0 Å². The molecule has 0 aromatic heterocycles. The minimum atomic E-state index is -0.445. The molecule has 0 amide bonds. The van der Waals surface area contributed by atoms with Crippen LogP contribution in [0.1, 0.15) is 105 Å². The summed E-state index contributed by atoms with van der Waals surface area (Å²) in [5.74, 6) is 3.21. The molecule has 5 unspecified atom stereocenters. The summed E-state index contributed by atoms with van der Waals surface area (Å²) in [6.45, 7) is 9.31. The zero-order valence-corrected chi connectivity index (χ0v) is 32.6. The summed E-state index contributed by atoms with van der Waals surface area (Å²) < 4.78 is 0. The lowest BCUT2D eigenvalue weighted by atomic mass is 9.65. The molecule has 55 heavy (non-hydrogen) atoms. The number of benzene rings is 6. The lowest BCUT2D eigenvalue weighted by Gasteiger charge is -2.40. The van der Waals surface area contributed by atoms with Crippen molar-refractivity contribution in [1.82, 2.24) is 0 Å². The van der Waals surface area contributed by atoms with Crippen molar-refractivity contribution in [1.29, 1.82) is 0 Å². The lowest BCUT2D eigenvalue weighted by molar-refractivity contribution is 0.281. The van der Waals surface area contributed by atoms with Crippen LogP contribution in [-0.2, 0) is 10.8 Å². The molecule has 6 aromatic carbocycles. The third-order valence-electron chi connectivity index (χ3n) is 14.4. The van der Waals surface area contributed by atoms with Crippen LogP contribution in [0.5, 0.6) is 0 Å². The van der Waals surface area contributed by atoms with Gasteiger partial charge in [-0.25, -0.2) is 0 Å². The van der Waals surface area contributed by atoms with Gasteiger partial charge in [-0.3, -0.25) is 0 Å². The van der Waals surface area contributed by atoms with Crippen molar-refractivity contribution in [3.63, 3.8) is 0 Å². The first kappa shape index (κ1) is 34.4. The molecule has 3 saturated carbocycles. The lowest BCUT2D eigenvalue weighted by Crippen LogP contribution is -2.30. The highest BCUT2D eigenvalue weighted by molar-refractivity contribution is 5.97. The molecule has 1 nitrogen and oxygen atoms in total. The third-order valence-corrected chi connectivity index (χ3v) is 14.4. The Balaban J connectivity index is 1.16. The Morgan fingerprint density at radius 3 is 1.91 bits per heavy atom. The highest BCUT2D eigenvalue weighted by Gasteiger charge is 2.47. The number of nitrogens with zero attached hydrogens (tertiary/aromatic N) is 1. The Bertz CT molecular complexity index is 2300. The van der Waals surface area contributed by atoms with Gasteiger partial charge in [0, 0.05) is 16.9 Å². The Kier molecular flexibility index (Phi) is 8.47. The van der Waals surface area contributed by atoms with E-state index >= 15 is 0 Å². The summed E-state index contributed by atoms with van der Waals surface area (Å²) in [6.07, 6.45) is 10.3. The van der Waals surface area contributed by atoms with E-state index in [2.05, 4.69) is 177 Å². The molecule has 3 fully saturated rings. The molecule has 6 aromatic rings. The maximum absolute atomic E-state index is 4.51. The van der Waals surface area contributed by atoms with E-state index < -0.39 is 5.41 Å². The second kappa shape index (κ2) is 13.6. The van der Waals surface area contributed by atoms with Gasteiger partial charge in [0.15, 0.2) is 0 Å². The van der Waals surface area contributed by atoms with Crippen LogP contribution < -0.4 is 4.90 Å². The van der Waals surface area contributed by atoms with E-state index in [4.69, 9.17) is 0 Å². The van der Waals surface area contributed by atoms with Crippen LogP contribution in [0.4, 0.5) is 17.1 Å². The average molecular weight is 716 g/mol. The Morgan fingerprint density at radius 2 is 1.27 bits per heavy atom. The molecule has 1 heteroatoms. The van der Waals surface area contributed by atoms with Crippen LogP contribution in [0.15, 0.2) is 164 Å². The van der Waals surface area contributed by atoms with E-state index in [1.54, 1.807) is 0 Å². The highest BCUT2D eigenvalue weighted by Crippen LogP contribution is 2.60. The first-order valence-electron chi connectivity index (χ1n) is 21.0. The van der Waals surface area contributed by atoms with Gasteiger partial charge in [-0.15, -0.1) is 0 Å². The van der Waals surface area contributed by atoms with Crippen LogP contribution in [0.3, 0.4) is 0 Å². The van der Waals surface area contributed by atoms with Gasteiger partial charge in [0.2, 0.25) is 0 Å². The standard InChI is InChI=1S/C54H53N/c1-4-38-32-37(2)35-53(3,36-38)42-26-30-46(31-27-42)55(45-28-24-40(25-29-45)48-34-39-22-23-41(48)33-39)51-21-13-20-50-52(51)47-18-11-12-19-49(47)54(50,43-14-7-5-8-15-43)44-16-9-6-10-17-44/h5-21,24-31,38-39,41,48H,2,4,22-23,32-36H2,1,3H3. The van der Waals surface area contributed by atoms with E-state index in [1.807, 2.05) is 0 Å². The van der Waals surface area contributed by atoms with Crippen LogP contribution in [0.2, 0.25) is 0 Å². The monoisotopic (exact) mass is 715 g/mol. The molecule has 0 saturated heterocycles. The zero-order valence-electron chi connectivity index (χ0n) is 32.6. The largest absolute Gasteiger partial charge is 0.310 e. The molecule has 4 aliphatic rings. The second-order valence-electron chi connectivity index (χ2n) is 17.7. The smallest absolute Gasteiger partial charge is 0.0714 e. The molecule has 2 bridgehead atoms. The molecule has 0 spiro atoms. The number of allylic oxidation sites excluding steroid dienone is 1. The molecular formula is C54H53N. The first-order valence-corrected chi connectivity index (χ1v) is 21.0. The number of hydrogen-bond acceptors (Lipinski definition) is 1. The molecule has 10 rings (SSSR count). The van der Waals surface area contributed by atoms with Crippen molar-refractivity contribution in [2.45, 2.75) is 82.0 Å². The van der Waals surface area contributed by atoms with Crippen molar-refractivity contribution in [2.24, 2.45) is 17.8 Å². The molecule has 5 atom stereocenters. The topological polar surface area (TPSA) is 3.24 Å². The summed E-state index contributed by atoms with van der Waals surface area (Å²) >= 11 is 0. The van der Waals surface area contributed by atoms with Gasteiger partial charge in [-0.1, -0.05) is 160 Å². The van der Waals surface area contributed by atoms with Crippen molar-refractivity contribution in [3.05, 3.63) is 197 Å². The summed E-state index contributed by atoms with van der Waals surface area (Å²) in [4.78, 5) is 2.55. The molecule has 0 radical (unpaired) electrons. The highest BCUT2D eigenvalue weighted by atomic mass is 15.1. The number of rotatable bonds is 8. The predicted octanol–water partition coefficient (Wildman–Crippen LogP) is 14.4. The average Bonchev–Trinajstić information content (AvgIpc) is 3.95. The predicted molar refractivity (Wildman–Crippen MR) is 231 cm³/mol. The van der Waals surface area contributed by atoms with Crippen molar-refractivity contribution in [2.75, 3.05) is 4.90 Å². The fourth-order valence-electron chi connectivity index (χ4n) is 11.9. The molecule has 0 aliphatic heterocycles. The van der Waals surface area contributed by atoms with Crippen molar-refractivity contribution in [3.8, 4) is 11.1 Å². The van der Waals surface area contributed by atoms with Crippen LogP contribution in [0.25, 0.3) is 11.1 Å². The Morgan fingerprint density at radius 1 is 0.636 bits per heavy atom. The Hall–Kier alpha value is -5.14. The van der Waals surface area contributed by atoms with E-state index in [0.29, 0.717) is 11.8 Å². The molecule has 0 heterocycles. The van der Waals surface area contributed by atoms with Gasteiger partial charge < -0.3 is 4.90 Å². The molecule has 4 aliphatic carbocycles.